The lowest BCUT2D eigenvalue weighted by Crippen LogP contribution is -2.49. The summed E-state index contributed by atoms with van der Waals surface area (Å²) in [5.41, 5.74) is 0.207. The quantitative estimate of drug-likeness (QED) is 0.908. The summed E-state index contributed by atoms with van der Waals surface area (Å²) in [5, 5.41) is 9.42. The molecule has 0 radical (unpaired) electrons. The topological polar surface area (TPSA) is 57.6 Å². The Hall–Kier alpha value is -1.84. The third-order valence-corrected chi connectivity index (χ3v) is 4.60. The highest BCUT2D eigenvalue weighted by Crippen LogP contribution is 2.32. The van der Waals surface area contributed by atoms with Crippen LogP contribution in [0.25, 0.3) is 0 Å². The van der Waals surface area contributed by atoms with Crippen LogP contribution in [0.3, 0.4) is 0 Å². The van der Waals surface area contributed by atoms with Crippen molar-refractivity contribution in [1.82, 2.24) is 4.90 Å². The van der Waals surface area contributed by atoms with Crippen LogP contribution >= 0.6 is 0 Å². The molecule has 0 saturated carbocycles. The Labute approximate surface area is 132 Å². The Morgan fingerprint density at radius 3 is 2.59 bits per heavy atom. The predicted molar refractivity (Wildman–Crippen MR) is 85.6 cm³/mol. The van der Waals surface area contributed by atoms with Gasteiger partial charge in [-0.15, -0.1) is 0 Å². The molecule has 4 nitrogen and oxygen atoms in total. The fourth-order valence-electron chi connectivity index (χ4n) is 3.23. The highest BCUT2D eigenvalue weighted by molar-refractivity contribution is 5.85. The lowest BCUT2D eigenvalue weighted by atomic mass is 9.81. The summed E-state index contributed by atoms with van der Waals surface area (Å²) in [6.07, 6.45) is 3.11. The second kappa shape index (κ2) is 6.95. The van der Waals surface area contributed by atoms with Gasteiger partial charge in [0.25, 0.3) is 0 Å². The van der Waals surface area contributed by atoms with E-state index in [1.165, 1.54) is 0 Å². The normalized spacial score (nSPS) is 23.1. The molecule has 1 amide bonds. The standard InChI is InChI=1S/C18H25NO3/c1-3-8-15(14-9-5-4-6-10-14)16(20)19-12-7-11-18(2,13-19)17(21)22/h4-6,9-10,15H,3,7-8,11-13H2,1-2H3,(H,21,22). The predicted octanol–water partition coefficient (Wildman–Crippen LogP) is 3.28. The summed E-state index contributed by atoms with van der Waals surface area (Å²) in [6.45, 7) is 4.79. The molecule has 0 bridgehead atoms. The van der Waals surface area contributed by atoms with Gasteiger partial charge in [-0.05, 0) is 31.7 Å². The SMILES string of the molecule is CCCC(C(=O)N1CCCC(C)(C(=O)O)C1)c1ccccc1. The molecule has 1 aromatic carbocycles. The molecular formula is C18H25NO3. The molecule has 4 heteroatoms. The fraction of sp³-hybridized carbons (Fsp3) is 0.556. The summed E-state index contributed by atoms with van der Waals surface area (Å²) in [4.78, 5) is 26.2. The summed E-state index contributed by atoms with van der Waals surface area (Å²) < 4.78 is 0. The number of hydrogen-bond donors (Lipinski definition) is 1. The number of amides is 1. The lowest BCUT2D eigenvalue weighted by Gasteiger charge is -2.39. The molecule has 2 unspecified atom stereocenters. The van der Waals surface area contributed by atoms with Gasteiger partial charge < -0.3 is 10.0 Å². The minimum absolute atomic E-state index is 0.0697. The number of hydrogen-bond acceptors (Lipinski definition) is 2. The van der Waals surface area contributed by atoms with Crippen molar-refractivity contribution in [2.24, 2.45) is 5.41 Å². The maximum atomic E-state index is 12.9. The molecule has 0 aliphatic carbocycles. The Morgan fingerprint density at radius 2 is 2.00 bits per heavy atom. The zero-order valence-corrected chi connectivity index (χ0v) is 13.4. The zero-order chi connectivity index (χ0) is 16.2. The molecule has 1 fully saturated rings. The smallest absolute Gasteiger partial charge is 0.311 e. The molecule has 2 atom stereocenters. The van der Waals surface area contributed by atoms with Gasteiger partial charge in [0.15, 0.2) is 0 Å². The van der Waals surface area contributed by atoms with Crippen LogP contribution < -0.4 is 0 Å². The molecule has 1 N–H and O–H groups in total. The second-order valence-corrected chi connectivity index (χ2v) is 6.48. The van der Waals surface area contributed by atoms with E-state index in [4.69, 9.17) is 0 Å². The molecule has 0 aromatic heterocycles. The van der Waals surface area contributed by atoms with Crippen molar-refractivity contribution in [2.75, 3.05) is 13.1 Å². The summed E-state index contributed by atoms with van der Waals surface area (Å²) in [7, 11) is 0. The minimum Gasteiger partial charge on any atom is -0.481 e. The second-order valence-electron chi connectivity index (χ2n) is 6.48. The number of rotatable bonds is 5. The van der Waals surface area contributed by atoms with Gasteiger partial charge in [0.1, 0.15) is 0 Å². The van der Waals surface area contributed by atoms with Crippen LogP contribution in [0.1, 0.15) is 51.0 Å². The molecule has 22 heavy (non-hydrogen) atoms. The van der Waals surface area contributed by atoms with E-state index >= 15 is 0 Å². The summed E-state index contributed by atoms with van der Waals surface area (Å²) in [5.74, 6) is -0.903. The number of aliphatic carboxylic acids is 1. The van der Waals surface area contributed by atoms with E-state index in [2.05, 4.69) is 6.92 Å². The summed E-state index contributed by atoms with van der Waals surface area (Å²) in [6, 6.07) is 9.81. The van der Waals surface area contributed by atoms with Crippen molar-refractivity contribution in [1.29, 1.82) is 0 Å². The van der Waals surface area contributed by atoms with E-state index in [1.54, 1.807) is 11.8 Å². The number of carboxylic acid groups (broad SMARTS) is 1. The van der Waals surface area contributed by atoms with E-state index in [1.807, 2.05) is 30.3 Å². The number of benzene rings is 1. The monoisotopic (exact) mass is 303 g/mol. The van der Waals surface area contributed by atoms with E-state index in [9.17, 15) is 14.7 Å². The lowest BCUT2D eigenvalue weighted by molar-refractivity contribution is -0.153. The third kappa shape index (κ3) is 3.49. The van der Waals surface area contributed by atoms with Gasteiger partial charge in [-0.25, -0.2) is 0 Å². The van der Waals surface area contributed by atoms with Crippen molar-refractivity contribution in [3.05, 3.63) is 35.9 Å². The summed E-state index contributed by atoms with van der Waals surface area (Å²) >= 11 is 0. The minimum atomic E-state index is -0.818. The van der Waals surface area contributed by atoms with Gasteiger partial charge in [-0.2, -0.15) is 0 Å². The first kappa shape index (κ1) is 16.5. The van der Waals surface area contributed by atoms with Crippen LogP contribution in [0.2, 0.25) is 0 Å². The van der Waals surface area contributed by atoms with Crippen molar-refractivity contribution in [3.8, 4) is 0 Å². The average Bonchev–Trinajstić information content (AvgIpc) is 2.53. The molecular weight excluding hydrogens is 278 g/mol. The van der Waals surface area contributed by atoms with Gasteiger partial charge in [0.2, 0.25) is 5.91 Å². The van der Waals surface area contributed by atoms with Gasteiger partial charge in [-0.3, -0.25) is 9.59 Å². The van der Waals surface area contributed by atoms with E-state index < -0.39 is 11.4 Å². The van der Waals surface area contributed by atoms with E-state index in [0.717, 1.165) is 24.8 Å². The number of carbonyl (C=O) groups excluding carboxylic acids is 1. The van der Waals surface area contributed by atoms with E-state index in [0.29, 0.717) is 19.5 Å². The van der Waals surface area contributed by atoms with Crippen molar-refractivity contribution >= 4 is 11.9 Å². The largest absolute Gasteiger partial charge is 0.481 e. The molecule has 1 heterocycles. The fourth-order valence-corrected chi connectivity index (χ4v) is 3.23. The number of carbonyl (C=O) groups is 2. The van der Waals surface area contributed by atoms with E-state index in [-0.39, 0.29) is 11.8 Å². The number of nitrogens with zero attached hydrogens (tertiary/aromatic N) is 1. The van der Waals surface area contributed by atoms with Gasteiger partial charge in [0, 0.05) is 13.1 Å². The van der Waals surface area contributed by atoms with Crippen LogP contribution in [0.15, 0.2) is 30.3 Å². The Bertz CT molecular complexity index is 528. The van der Waals surface area contributed by atoms with Crippen LogP contribution in [0, 0.1) is 5.41 Å². The highest BCUT2D eigenvalue weighted by Gasteiger charge is 2.40. The first-order valence-corrected chi connectivity index (χ1v) is 8.05. The van der Waals surface area contributed by atoms with Gasteiger partial charge in [-0.1, -0.05) is 43.7 Å². The Kier molecular flexibility index (Phi) is 5.22. The van der Waals surface area contributed by atoms with Gasteiger partial charge >= 0.3 is 5.97 Å². The first-order chi connectivity index (χ1) is 10.5. The van der Waals surface area contributed by atoms with Crippen molar-refractivity contribution in [2.45, 2.75) is 45.4 Å². The van der Waals surface area contributed by atoms with Crippen LogP contribution in [0.4, 0.5) is 0 Å². The number of likely N-dealkylation sites (tertiary alicyclic amines) is 1. The van der Waals surface area contributed by atoms with Crippen LogP contribution in [0.5, 0.6) is 0 Å². The molecule has 0 spiro atoms. The van der Waals surface area contributed by atoms with Crippen molar-refractivity contribution in [3.63, 3.8) is 0 Å². The molecule has 2 rings (SSSR count). The van der Waals surface area contributed by atoms with Crippen molar-refractivity contribution < 1.29 is 14.7 Å². The third-order valence-electron chi connectivity index (χ3n) is 4.60. The molecule has 1 aliphatic heterocycles. The molecule has 1 aliphatic rings. The van der Waals surface area contributed by atoms with Gasteiger partial charge in [0.05, 0.1) is 11.3 Å². The number of piperidine rings is 1. The Morgan fingerprint density at radius 1 is 1.32 bits per heavy atom. The maximum Gasteiger partial charge on any atom is 0.311 e. The van der Waals surface area contributed by atoms with Crippen LogP contribution in [-0.2, 0) is 9.59 Å². The Balaban J connectivity index is 2.18. The highest BCUT2D eigenvalue weighted by atomic mass is 16.4. The molecule has 120 valence electrons. The average molecular weight is 303 g/mol. The maximum absolute atomic E-state index is 12.9. The number of carboxylic acids is 1. The first-order valence-electron chi connectivity index (χ1n) is 8.05. The molecule has 1 aromatic rings. The zero-order valence-electron chi connectivity index (χ0n) is 13.4. The van der Waals surface area contributed by atoms with Crippen LogP contribution in [-0.4, -0.2) is 35.0 Å². The molecule has 1 saturated heterocycles.